The topological polar surface area (TPSA) is 105 Å². The molecule has 0 aliphatic heterocycles. The van der Waals surface area contributed by atoms with Crippen LogP contribution in [0.1, 0.15) is 168 Å². The van der Waals surface area contributed by atoms with Crippen LogP contribution >= 0.6 is 7.82 Å². The molecule has 0 aliphatic carbocycles. The number of aliphatic hydroxyl groups is 1. The minimum absolute atomic E-state index is 0.0662. The molecule has 9 heteroatoms. The maximum Gasteiger partial charge on any atom is 0.472 e. The SMILES string of the molecule is CC/C=C\C/C=C\C/C=C\C/C=C\C/C=C\C/C=C\C/C=C\C/C=C\C/C=C\CCCCCCCCCCCC(=O)NC(COP(=O)(O)OCC[N+](C)(C)C)C(O)CCCCC. The molecule has 3 unspecified atom stereocenters. The summed E-state index contributed by atoms with van der Waals surface area (Å²) in [5.41, 5.74) is 0. The zero-order valence-corrected chi connectivity index (χ0v) is 41.0. The number of carbonyl (C=O) groups excluding carboxylic acids is 1. The molecular formula is C53H92N2O6P+. The number of rotatable bonds is 42. The maximum absolute atomic E-state index is 12.7. The van der Waals surface area contributed by atoms with Crippen molar-refractivity contribution in [3.05, 3.63) is 109 Å². The highest BCUT2D eigenvalue weighted by molar-refractivity contribution is 7.47. The van der Waals surface area contributed by atoms with Gasteiger partial charge in [0.1, 0.15) is 13.2 Å². The van der Waals surface area contributed by atoms with Crippen molar-refractivity contribution in [2.45, 2.75) is 180 Å². The summed E-state index contributed by atoms with van der Waals surface area (Å²) >= 11 is 0. The molecule has 3 atom stereocenters. The van der Waals surface area contributed by atoms with Crippen LogP contribution in [0, 0.1) is 0 Å². The van der Waals surface area contributed by atoms with Crippen molar-refractivity contribution in [2.75, 3.05) is 40.9 Å². The second-order valence-electron chi connectivity index (χ2n) is 17.1. The van der Waals surface area contributed by atoms with E-state index < -0.39 is 20.0 Å². The van der Waals surface area contributed by atoms with Gasteiger partial charge in [-0.15, -0.1) is 0 Å². The van der Waals surface area contributed by atoms with Gasteiger partial charge in [-0.25, -0.2) is 4.57 Å². The van der Waals surface area contributed by atoms with Crippen molar-refractivity contribution in [3.63, 3.8) is 0 Å². The number of likely N-dealkylation sites (N-methyl/N-ethyl adjacent to an activating group) is 1. The predicted octanol–water partition coefficient (Wildman–Crippen LogP) is 14.1. The number of nitrogens with zero attached hydrogens (tertiary/aromatic N) is 1. The molecule has 0 rings (SSSR count). The fourth-order valence-electron chi connectivity index (χ4n) is 6.21. The quantitative estimate of drug-likeness (QED) is 0.0244. The summed E-state index contributed by atoms with van der Waals surface area (Å²) < 4.78 is 23.3. The van der Waals surface area contributed by atoms with E-state index in [1.165, 1.54) is 38.5 Å². The van der Waals surface area contributed by atoms with Crippen LogP contribution in [-0.4, -0.2) is 73.4 Å². The van der Waals surface area contributed by atoms with Crippen molar-refractivity contribution in [1.29, 1.82) is 0 Å². The Kier molecular flexibility index (Phi) is 41.4. The number of quaternary nitrogens is 1. The van der Waals surface area contributed by atoms with E-state index in [-0.39, 0.29) is 19.1 Å². The summed E-state index contributed by atoms with van der Waals surface area (Å²) in [6.45, 7) is 4.57. The van der Waals surface area contributed by atoms with Crippen LogP contribution in [0.4, 0.5) is 0 Å². The first-order valence-electron chi connectivity index (χ1n) is 24.3. The molecule has 0 heterocycles. The number of hydrogen-bond acceptors (Lipinski definition) is 5. The lowest BCUT2D eigenvalue weighted by molar-refractivity contribution is -0.870. The molecule has 0 aromatic rings. The van der Waals surface area contributed by atoms with Crippen LogP contribution in [0.5, 0.6) is 0 Å². The molecule has 354 valence electrons. The first-order valence-corrected chi connectivity index (χ1v) is 25.7. The molecule has 0 aliphatic rings. The lowest BCUT2D eigenvalue weighted by Crippen LogP contribution is -2.46. The van der Waals surface area contributed by atoms with E-state index in [1.807, 2.05) is 21.1 Å². The summed E-state index contributed by atoms with van der Waals surface area (Å²) in [5.74, 6) is -0.169. The molecule has 3 N–H and O–H groups in total. The van der Waals surface area contributed by atoms with E-state index in [9.17, 15) is 19.4 Å². The zero-order chi connectivity index (χ0) is 45.7. The lowest BCUT2D eigenvalue weighted by atomic mass is 10.0. The van der Waals surface area contributed by atoms with E-state index >= 15 is 0 Å². The third-order valence-corrected chi connectivity index (χ3v) is 11.0. The molecular weight excluding hydrogens is 792 g/mol. The number of nitrogens with one attached hydrogen (secondary N) is 1. The summed E-state index contributed by atoms with van der Waals surface area (Å²) in [6, 6.07) is -0.766. The van der Waals surface area contributed by atoms with Gasteiger partial charge in [-0.05, 0) is 83.5 Å². The van der Waals surface area contributed by atoms with Crippen molar-refractivity contribution in [1.82, 2.24) is 5.32 Å². The average molecular weight is 884 g/mol. The van der Waals surface area contributed by atoms with E-state index in [0.29, 0.717) is 23.9 Å². The van der Waals surface area contributed by atoms with Crippen LogP contribution in [0.3, 0.4) is 0 Å². The molecule has 1 amide bonds. The normalized spacial score (nSPS) is 15.1. The Morgan fingerprint density at radius 2 is 0.968 bits per heavy atom. The van der Waals surface area contributed by atoms with Crippen molar-refractivity contribution < 1.29 is 32.9 Å². The van der Waals surface area contributed by atoms with Crippen LogP contribution in [0.2, 0.25) is 0 Å². The minimum atomic E-state index is -4.30. The van der Waals surface area contributed by atoms with Crippen molar-refractivity contribution in [3.8, 4) is 0 Å². The molecule has 0 aromatic heterocycles. The van der Waals surface area contributed by atoms with Crippen LogP contribution in [0.25, 0.3) is 0 Å². The standard InChI is InChI=1S/C53H91N2O6P/c1-6-8-10-11-12-13-14-15-16-17-18-19-20-21-22-23-24-25-26-27-28-29-30-31-32-33-34-35-36-37-38-39-40-41-42-43-45-47-53(57)54-51(52(56)46-44-9-7-2)50-61-62(58,59)60-49-48-55(3,4)5/h8,10,12-13,15-16,18-19,21-22,24-25,27-28,30-31,33-34,51-52,56H,6-7,9,11,14,17,20,23,26,29,32,35-50H2,1-5H3,(H-,54,57,58,59)/p+1/b10-8-,13-12-,16-15-,19-18-,22-21-,25-24-,28-27-,31-30-,34-33-. The van der Waals surface area contributed by atoms with Crippen LogP contribution < -0.4 is 5.32 Å². The van der Waals surface area contributed by atoms with E-state index in [0.717, 1.165) is 103 Å². The van der Waals surface area contributed by atoms with Crippen LogP contribution in [0.15, 0.2) is 109 Å². The maximum atomic E-state index is 12.7. The van der Waals surface area contributed by atoms with Gasteiger partial charge in [-0.2, -0.15) is 0 Å². The number of amides is 1. The molecule has 0 radical (unpaired) electrons. The average Bonchev–Trinajstić information content (AvgIpc) is 3.23. The highest BCUT2D eigenvalue weighted by Crippen LogP contribution is 2.43. The summed E-state index contributed by atoms with van der Waals surface area (Å²) in [4.78, 5) is 22.8. The highest BCUT2D eigenvalue weighted by Gasteiger charge is 2.28. The van der Waals surface area contributed by atoms with Gasteiger partial charge >= 0.3 is 7.82 Å². The molecule has 0 bridgehead atoms. The number of phosphoric ester groups is 1. The molecule has 0 spiro atoms. The summed E-state index contributed by atoms with van der Waals surface area (Å²) in [5, 5.41) is 13.6. The fourth-order valence-corrected chi connectivity index (χ4v) is 6.95. The Morgan fingerprint density at radius 1 is 0.565 bits per heavy atom. The Balaban J connectivity index is 3.88. The molecule has 62 heavy (non-hydrogen) atoms. The van der Waals surface area contributed by atoms with Gasteiger partial charge in [0.05, 0.1) is 39.9 Å². The van der Waals surface area contributed by atoms with Crippen molar-refractivity contribution in [2.24, 2.45) is 0 Å². The molecule has 8 nitrogen and oxygen atoms in total. The first kappa shape index (κ1) is 59.2. The van der Waals surface area contributed by atoms with E-state index in [4.69, 9.17) is 9.05 Å². The second-order valence-corrected chi connectivity index (χ2v) is 18.6. The monoisotopic (exact) mass is 884 g/mol. The molecule has 0 saturated carbocycles. The molecule has 0 saturated heterocycles. The number of phosphoric acid groups is 1. The van der Waals surface area contributed by atoms with Gasteiger partial charge < -0.3 is 19.8 Å². The van der Waals surface area contributed by atoms with Gasteiger partial charge in [0, 0.05) is 6.42 Å². The number of carbonyl (C=O) groups is 1. The predicted molar refractivity (Wildman–Crippen MR) is 267 cm³/mol. The minimum Gasteiger partial charge on any atom is -0.391 e. The first-order chi connectivity index (χ1) is 30.0. The molecule has 0 fully saturated rings. The smallest absolute Gasteiger partial charge is 0.391 e. The number of hydrogen-bond donors (Lipinski definition) is 3. The second kappa shape index (κ2) is 43.4. The fraction of sp³-hybridized carbons (Fsp3) is 0.642. The summed E-state index contributed by atoms with van der Waals surface area (Å²) in [7, 11) is 1.59. The Labute approximate surface area is 381 Å². The Morgan fingerprint density at radius 3 is 1.39 bits per heavy atom. The lowest BCUT2D eigenvalue weighted by Gasteiger charge is -2.26. The van der Waals surface area contributed by atoms with Gasteiger partial charge in [0.2, 0.25) is 5.91 Å². The highest BCUT2D eigenvalue weighted by atomic mass is 31.2. The van der Waals surface area contributed by atoms with Gasteiger partial charge in [0.25, 0.3) is 0 Å². The van der Waals surface area contributed by atoms with Crippen molar-refractivity contribution >= 4 is 13.7 Å². The van der Waals surface area contributed by atoms with E-state index in [1.54, 1.807) is 0 Å². The third kappa shape index (κ3) is 45.2. The third-order valence-electron chi connectivity index (χ3n) is 10.0. The Bertz CT molecular complexity index is 1370. The Hall–Kier alpha value is -2.84. The summed E-state index contributed by atoms with van der Waals surface area (Å²) in [6.07, 6.45) is 63.7. The van der Waals surface area contributed by atoms with Gasteiger partial charge in [0.15, 0.2) is 0 Å². The number of allylic oxidation sites excluding steroid dienone is 18. The van der Waals surface area contributed by atoms with Crippen LogP contribution in [-0.2, 0) is 18.4 Å². The zero-order valence-electron chi connectivity index (χ0n) is 40.1. The van der Waals surface area contributed by atoms with Gasteiger partial charge in [-0.1, -0.05) is 187 Å². The number of aliphatic hydroxyl groups excluding tert-OH is 1. The molecule has 0 aromatic carbocycles. The number of unbranched alkanes of at least 4 members (excludes halogenated alkanes) is 11. The largest absolute Gasteiger partial charge is 0.472 e. The van der Waals surface area contributed by atoms with Gasteiger partial charge in [-0.3, -0.25) is 13.8 Å². The van der Waals surface area contributed by atoms with E-state index in [2.05, 4.69) is 129 Å².